The lowest BCUT2D eigenvalue weighted by Gasteiger charge is -2.06. The van der Waals surface area contributed by atoms with Crippen molar-refractivity contribution < 1.29 is 9.59 Å². The summed E-state index contributed by atoms with van der Waals surface area (Å²) in [5, 5.41) is 5.43. The standard InChI is InChI=1S/C15H22N2O2/c1-13(18)10-12-17-15(19)16-11-6-5-9-14-7-3-2-4-8-14/h2-4,7-8H,5-6,9-12H2,1H3,(H2,16,17,19). The summed E-state index contributed by atoms with van der Waals surface area (Å²) in [6, 6.07) is 10.1. The van der Waals surface area contributed by atoms with Gasteiger partial charge in [0.15, 0.2) is 0 Å². The molecule has 104 valence electrons. The lowest BCUT2D eigenvalue weighted by atomic mass is 10.1. The minimum absolute atomic E-state index is 0.0863. The van der Waals surface area contributed by atoms with E-state index in [4.69, 9.17) is 0 Å². The SMILES string of the molecule is CC(=O)CCNC(=O)NCCCCc1ccccc1. The Morgan fingerprint density at radius 1 is 1.00 bits per heavy atom. The van der Waals surface area contributed by atoms with E-state index in [1.165, 1.54) is 12.5 Å². The number of amides is 2. The quantitative estimate of drug-likeness (QED) is 0.706. The fourth-order valence-corrected chi connectivity index (χ4v) is 1.72. The van der Waals surface area contributed by atoms with Crippen molar-refractivity contribution in [2.45, 2.75) is 32.6 Å². The van der Waals surface area contributed by atoms with Crippen LogP contribution >= 0.6 is 0 Å². The number of ketones is 1. The first kappa shape index (κ1) is 15.2. The van der Waals surface area contributed by atoms with Crippen molar-refractivity contribution in [1.82, 2.24) is 10.6 Å². The molecule has 0 saturated carbocycles. The van der Waals surface area contributed by atoms with E-state index in [1.807, 2.05) is 18.2 Å². The lowest BCUT2D eigenvalue weighted by molar-refractivity contribution is -0.116. The van der Waals surface area contributed by atoms with Gasteiger partial charge in [0, 0.05) is 19.5 Å². The number of hydrogen-bond acceptors (Lipinski definition) is 2. The van der Waals surface area contributed by atoms with E-state index in [-0.39, 0.29) is 11.8 Å². The molecule has 0 unspecified atom stereocenters. The van der Waals surface area contributed by atoms with E-state index in [0.717, 1.165) is 19.3 Å². The van der Waals surface area contributed by atoms with Crippen molar-refractivity contribution in [2.24, 2.45) is 0 Å². The molecular formula is C15H22N2O2. The van der Waals surface area contributed by atoms with Gasteiger partial charge in [-0.25, -0.2) is 4.79 Å². The summed E-state index contributed by atoms with van der Waals surface area (Å²) < 4.78 is 0. The summed E-state index contributed by atoms with van der Waals surface area (Å²) >= 11 is 0. The van der Waals surface area contributed by atoms with E-state index in [1.54, 1.807) is 0 Å². The normalized spacial score (nSPS) is 9.95. The molecule has 1 rings (SSSR count). The van der Waals surface area contributed by atoms with Crippen LogP contribution in [0.25, 0.3) is 0 Å². The first-order chi connectivity index (χ1) is 9.18. The van der Waals surface area contributed by atoms with Crippen LogP contribution in [-0.2, 0) is 11.2 Å². The van der Waals surface area contributed by atoms with Crippen LogP contribution in [0.2, 0.25) is 0 Å². The molecule has 0 aliphatic rings. The van der Waals surface area contributed by atoms with E-state index < -0.39 is 0 Å². The monoisotopic (exact) mass is 262 g/mol. The molecule has 0 heterocycles. The Balaban J connectivity index is 1.98. The second-order valence-corrected chi connectivity index (χ2v) is 4.58. The fraction of sp³-hybridized carbons (Fsp3) is 0.467. The molecular weight excluding hydrogens is 240 g/mol. The Kier molecular flexibility index (Phi) is 7.32. The van der Waals surface area contributed by atoms with Crippen molar-refractivity contribution in [2.75, 3.05) is 13.1 Å². The number of benzene rings is 1. The van der Waals surface area contributed by atoms with Crippen LogP contribution in [0.5, 0.6) is 0 Å². The first-order valence-corrected chi connectivity index (χ1v) is 6.73. The topological polar surface area (TPSA) is 58.2 Å². The number of nitrogens with one attached hydrogen (secondary N) is 2. The zero-order valence-electron chi connectivity index (χ0n) is 11.4. The molecule has 4 heteroatoms. The maximum absolute atomic E-state index is 11.3. The molecule has 0 atom stereocenters. The van der Waals surface area contributed by atoms with Crippen LogP contribution in [-0.4, -0.2) is 24.9 Å². The van der Waals surface area contributed by atoms with Crippen LogP contribution in [0.15, 0.2) is 30.3 Å². The second-order valence-electron chi connectivity index (χ2n) is 4.58. The third-order valence-corrected chi connectivity index (χ3v) is 2.78. The molecule has 0 fully saturated rings. The smallest absolute Gasteiger partial charge is 0.314 e. The van der Waals surface area contributed by atoms with Gasteiger partial charge in [0.1, 0.15) is 5.78 Å². The van der Waals surface area contributed by atoms with Crippen molar-refractivity contribution in [1.29, 1.82) is 0 Å². The van der Waals surface area contributed by atoms with Crippen LogP contribution in [0.1, 0.15) is 31.7 Å². The first-order valence-electron chi connectivity index (χ1n) is 6.73. The summed E-state index contributed by atoms with van der Waals surface area (Å²) in [5.74, 6) is 0.0863. The molecule has 2 N–H and O–H groups in total. The van der Waals surface area contributed by atoms with Crippen LogP contribution in [0.4, 0.5) is 4.79 Å². The molecule has 0 saturated heterocycles. The minimum atomic E-state index is -0.194. The molecule has 0 aliphatic heterocycles. The molecule has 4 nitrogen and oxygen atoms in total. The molecule has 0 spiro atoms. The summed E-state index contributed by atoms with van der Waals surface area (Å²) in [7, 11) is 0. The summed E-state index contributed by atoms with van der Waals surface area (Å²) in [4.78, 5) is 22.0. The number of hydrogen-bond donors (Lipinski definition) is 2. The largest absolute Gasteiger partial charge is 0.338 e. The number of urea groups is 1. The third-order valence-electron chi connectivity index (χ3n) is 2.78. The summed E-state index contributed by atoms with van der Waals surface area (Å²) in [6.45, 7) is 2.59. The Morgan fingerprint density at radius 3 is 2.37 bits per heavy atom. The van der Waals surface area contributed by atoms with Gasteiger partial charge in [-0.15, -0.1) is 0 Å². The predicted molar refractivity (Wildman–Crippen MR) is 76.1 cm³/mol. The van der Waals surface area contributed by atoms with Gasteiger partial charge in [0.2, 0.25) is 0 Å². The van der Waals surface area contributed by atoms with Crippen molar-refractivity contribution in [3.8, 4) is 0 Å². The minimum Gasteiger partial charge on any atom is -0.338 e. The zero-order valence-corrected chi connectivity index (χ0v) is 11.4. The van der Waals surface area contributed by atoms with Gasteiger partial charge in [-0.05, 0) is 31.7 Å². The fourth-order valence-electron chi connectivity index (χ4n) is 1.72. The molecule has 19 heavy (non-hydrogen) atoms. The van der Waals surface area contributed by atoms with E-state index in [2.05, 4.69) is 22.8 Å². The van der Waals surface area contributed by atoms with Gasteiger partial charge in [-0.2, -0.15) is 0 Å². The average Bonchev–Trinajstić information content (AvgIpc) is 2.39. The highest BCUT2D eigenvalue weighted by atomic mass is 16.2. The van der Waals surface area contributed by atoms with Crippen molar-refractivity contribution in [3.05, 3.63) is 35.9 Å². The summed E-state index contributed by atoms with van der Waals surface area (Å²) in [5.41, 5.74) is 1.33. The van der Waals surface area contributed by atoms with Crippen LogP contribution in [0, 0.1) is 0 Å². The van der Waals surface area contributed by atoms with Crippen LogP contribution < -0.4 is 10.6 Å². The van der Waals surface area contributed by atoms with E-state index in [9.17, 15) is 9.59 Å². The number of aryl methyl sites for hydroxylation is 1. The highest BCUT2D eigenvalue weighted by Gasteiger charge is 2.00. The maximum atomic E-state index is 11.3. The Morgan fingerprint density at radius 2 is 1.68 bits per heavy atom. The van der Waals surface area contributed by atoms with Crippen molar-refractivity contribution >= 4 is 11.8 Å². The maximum Gasteiger partial charge on any atom is 0.314 e. The van der Waals surface area contributed by atoms with E-state index >= 15 is 0 Å². The number of carbonyl (C=O) groups excluding carboxylic acids is 2. The van der Waals surface area contributed by atoms with Gasteiger partial charge < -0.3 is 10.6 Å². The van der Waals surface area contributed by atoms with Gasteiger partial charge in [-0.3, -0.25) is 4.79 Å². The Labute approximate surface area is 114 Å². The zero-order chi connectivity index (χ0) is 13.9. The molecule has 1 aromatic carbocycles. The molecule has 1 aromatic rings. The van der Waals surface area contributed by atoms with Crippen LogP contribution in [0.3, 0.4) is 0 Å². The number of Topliss-reactive ketones (excluding diaryl/α,β-unsaturated/α-hetero) is 1. The van der Waals surface area contributed by atoms with Gasteiger partial charge >= 0.3 is 6.03 Å². The van der Waals surface area contributed by atoms with Gasteiger partial charge in [0.25, 0.3) is 0 Å². The number of unbranched alkanes of at least 4 members (excludes halogenated alkanes) is 1. The Bertz CT molecular complexity index is 390. The number of rotatable bonds is 8. The average molecular weight is 262 g/mol. The van der Waals surface area contributed by atoms with Gasteiger partial charge in [-0.1, -0.05) is 30.3 Å². The van der Waals surface area contributed by atoms with E-state index in [0.29, 0.717) is 19.5 Å². The highest BCUT2D eigenvalue weighted by Crippen LogP contribution is 2.03. The molecule has 2 amide bonds. The Hall–Kier alpha value is -1.84. The summed E-state index contributed by atoms with van der Waals surface area (Å²) in [6.07, 6.45) is 3.43. The third kappa shape index (κ3) is 7.97. The lowest BCUT2D eigenvalue weighted by Crippen LogP contribution is -2.36. The molecule has 0 bridgehead atoms. The highest BCUT2D eigenvalue weighted by molar-refractivity contribution is 5.77. The molecule has 0 radical (unpaired) electrons. The molecule has 0 aliphatic carbocycles. The molecule has 0 aromatic heterocycles. The second kappa shape index (κ2) is 9.14. The predicted octanol–water partition coefficient (Wildman–Crippen LogP) is 2.29. The van der Waals surface area contributed by atoms with Gasteiger partial charge in [0.05, 0.1) is 0 Å². The number of carbonyl (C=O) groups is 2. The van der Waals surface area contributed by atoms with Crippen molar-refractivity contribution in [3.63, 3.8) is 0 Å².